The first-order valence-corrected chi connectivity index (χ1v) is 7.71. The number of hydrogen-bond acceptors (Lipinski definition) is 3. The summed E-state index contributed by atoms with van der Waals surface area (Å²) < 4.78 is 10.8. The first-order valence-electron chi connectivity index (χ1n) is 7.71. The lowest BCUT2D eigenvalue weighted by Crippen LogP contribution is -2.38. The van der Waals surface area contributed by atoms with Crippen molar-refractivity contribution in [3.63, 3.8) is 0 Å². The monoisotopic (exact) mass is 288 g/mol. The largest absolute Gasteiger partial charge is 0.454 e. The average Bonchev–Trinajstić information content (AvgIpc) is 3.18. The molecule has 1 saturated carbocycles. The van der Waals surface area contributed by atoms with Gasteiger partial charge in [0.2, 0.25) is 6.79 Å². The summed E-state index contributed by atoms with van der Waals surface area (Å²) in [6, 6.07) is 5.82. The van der Waals surface area contributed by atoms with Gasteiger partial charge in [-0.05, 0) is 30.7 Å². The number of nitrogens with one attached hydrogen (secondary N) is 1. The van der Waals surface area contributed by atoms with Gasteiger partial charge in [0, 0.05) is 25.2 Å². The van der Waals surface area contributed by atoms with Crippen LogP contribution in [0.25, 0.3) is 0 Å². The highest BCUT2D eigenvalue weighted by Gasteiger charge is 2.37. The Balaban J connectivity index is 1.37. The number of hydrogen-bond donors (Lipinski definition) is 1. The van der Waals surface area contributed by atoms with Crippen LogP contribution in [0.15, 0.2) is 18.2 Å². The lowest BCUT2D eigenvalue weighted by molar-refractivity contribution is 0.173. The minimum atomic E-state index is 0.0425. The number of likely N-dealkylation sites (tertiary alicyclic amines) is 1. The van der Waals surface area contributed by atoms with E-state index in [1.54, 1.807) is 0 Å². The standard InChI is InChI=1S/C16H20N2O3/c19-16(18-8-12-4-1-5-13(12)9-18)17-7-11-3-2-6-14-15(11)21-10-20-14/h2-3,6,12-13H,1,4-5,7-10H2,(H,17,19)/t12-,13+. The summed E-state index contributed by atoms with van der Waals surface area (Å²) in [5.41, 5.74) is 0.970. The number of ether oxygens (including phenoxy) is 2. The molecule has 5 heteroatoms. The predicted molar refractivity (Wildman–Crippen MR) is 77.2 cm³/mol. The van der Waals surface area contributed by atoms with Crippen LogP contribution in [0.1, 0.15) is 24.8 Å². The molecule has 1 aliphatic carbocycles. The van der Waals surface area contributed by atoms with E-state index in [1.807, 2.05) is 23.1 Å². The molecule has 21 heavy (non-hydrogen) atoms. The van der Waals surface area contributed by atoms with Crippen molar-refractivity contribution in [3.05, 3.63) is 23.8 Å². The quantitative estimate of drug-likeness (QED) is 0.909. The maximum atomic E-state index is 12.3. The topological polar surface area (TPSA) is 50.8 Å². The molecular weight excluding hydrogens is 268 g/mol. The lowest BCUT2D eigenvalue weighted by atomic mass is 10.0. The van der Waals surface area contributed by atoms with Gasteiger partial charge in [-0.15, -0.1) is 0 Å². The van der Waals surface area contributed by atoms with Crippen molar-refractivity contribution in [1.29, 1.82) is 0 Å². The van der Waals surface area contributed by atoms with E-state index >= 15 is 0 Å². The zero-order chi connectivity index (χ0) is 14.2. The average molecular weight is 288 g/mol. The van der Waals surface area contributed by atoms with Crippen LogP contribution < -0.4 is 14.8 Å². The summed E-state index contributed by atoms with van der Waals surface area (Å²) in [5.74, 6) is 2.98. The van der Waals surface area contributed by atoms with E-state index in [0.717, 1.165) is 42.0 Å². The van der Waals surface area contributed by atoms with Gasteiger partial charge < -0.3 is 19.7 Å². The molecule has 2 heterocycles. The number of amides is 2. The molecule has 2 fully saturated rings. The Morgan fingerprint density at radius 1 is 1.24 bits per heavy atom. The van der Waals surface area contributed by atoms with E-state index < -0.39 is 0 Å². The van der Waals surface area contributed by atoms with E-state index in [2.05, 4.69) is 5.32 Å². The highest BCUT2D eigenvalue weighted by Crippen LogP contribution is 2.38. The van der Waals surface area contributed by atoms with Gasteiger partial charge in [0.05, 0.1) is 0 Å². The Morgan fingerprint density at radius 3 is 2.86 bits per heavy atom. The number of fused-ring (bicyclic) bond motifs is 2. The molecule has 5 nitrogen and oxygen atoms in total. The van der Waals surface area contributed by atoms with Crippen molar-refractivity contribution >= 4 is 6.03 Å². The fourth-order valence-corrected chi connectivity index (χ4v) is 3.81. The third-order valence-corrected chi connectivity index (χ3v) is 4.92. The van der Waals surface area contributed by atoms with E-state index in [0.29, 0.717) is 6.54 Å². The van der Waals surface area contributed by atoms with Gasteiger partial charge >= 0.3 is 6.03 Å². The molecule has 1 aromatic carbocycles. The van der Waals surface area contributed by atoms with Crippen LogP contribution in [0.4, 0.5) is 4.79 Å². The molecule has 0 bridgehead atoms. The van der Waals surface area contributed by atoms with Gasteiger partial charge in [-0.2, -0.15) is 0 Å². The number of urea groups is 1. The van der Waals surface area contributed by atoms with Crippen molar-refractivity contribution in [3.8, 4) is 11.5 Å². The normalized spacial score (nSPS) is 26.0. The van der Waals surface area contributed by atoms with Crippen LogP contribution in [-0.4, -0.2) is 30.8 Å². The van der Waals surface area contributed by atoms with Crippen molar-refractivity contribution in [2.45, 2.75) is 25.8 Å². The Bertz CT molecular complexity index is 548. The summed E-state index contributed by atoms with van der Waals surface area (Å²) in [5, 5.41) is 3.01. The van der Waals surface area contributed by atoms with Crippen molar-refractivity contribution in [2.24, 2.45) is 11.8 Å². The van der Waals surface area contributed by atoms with Gasteiger partial charge in [0.15, 0.2) is 11.5 Å². The Morgan fingerprint density at radius 2 is 2.05 bits per heavy atom. The second-order valence-corrected chi connectivity index (χ2v) is 6.17. The molecule has 1 saturated heterocycles. The Hall–Kier alpha value is -1.91. The van der Waals surface area contributed by atoms with Gasteiger partial charge in [-0.1, -0.05) is 18.6 Å². The van der Waals surface area contributed by atoms with Crippen LogP contribution in [-0.2, 0) is 6.54 Å². The zero-order valence-corrected chi connectivity index (χ0v) is 12.0. The van der Waals surface area contributed by atoms with Gasteiger partial charge in [0.25, 0.3) is 0 Å². The molecule has 1 N–H and O–H groups in total. The van der Waals surface area contributed by atoms with E-state index in [-0.39, 0.29) is 12.8 Å². The second-order valence-electron chi connectivity index (χ2n) is 6.17. The first-order chi connectivity index (χ1) is 10.3. The molecular formula is C16H20N2O3. The summed E-state index contributed by atoms with van der Waals surface area (Å²) in [6.07, 6.45) is 3.90. The van der Waals surface area contributed by atoms with Gasteiger partial charge in [0.1, 0.15) is 0 Å². The highest BCUT2D eigenvalue weighted by molar-refractivity contribution is 5.74. The molecule has 0 radical (unpaired) electrons. The lowest BCUT2D eigenvalue weighted by Gasteiger charge is -2.18. The van der Waals surface area contributed by atoms with Crippen LogP contribution in [0.2, 0.25) is 0 Å². The minimum absolute atomic E-state index is 0.0425. The predicted octanol–water partition coefficient (Wildman–Crippen LogP) is 2.36. The van der Waals surface area contributed by atoms with E-state index in [4.69, 9.17) is 9.47 Å². The van der Waals surface area contributed by atoms with Crippen molar-refractivity contribution < 1.29 is 14.3 Å². The number of rotatable bonds is 2. The SMILES string of the molecule is O=C(NCc1cccc2c1OCO2)N1C[C@H]2CCC[C@H]2C1. The summed E-state index contributed by atoms with van der Waals surface area (Å²) in [4.78, 5) is 14.3. The van der Waals surface area contributed by atoms with Crippen LogP contribution in [0, 0.1) is 11.8 Å². The van der Waals surface area contributed by atoms with Crippen molar-refractivity contribution in [1.82, 2.24) is 10.2 Å². The van der Waals surface area contributed by atoms with Crippen LogP contribution in [0.5, 0.6) is 11.5 Å². The second kappa shape index (κ2) is 5.13. The molecule has 0 spiro atoms. The summed E-state index contributed by atoms with van der Waals surface area (Å²) >= 11 is 0. The minimum Gasteiger partial charge on any atom is -0.454 e. The first kappa shape index (κ1) is 12.8. The molecule has 2 aliphatic heterocycles. The number of carbonyl (C=O) groups is 1. The maximum absolute atomic E-state index is 12.3. The fraction of sp³-hybridized carbons (Fsp3) is 0.562. The molecule has 0 unspecified atom stereocenters. The van der Waals surface area contributed by atoms with E-state index in [1.165, 1.54) is 19.3 Å². The highest BCUT2D eigenvalue weighted by atomic mass is 16.7. The third kappa shape index (κ3) is 2.30. The summed E-state index contributed by atoms with van der Waals surface area (Å²) in [6.45, 7) is 2.58. The maximum Gasteiger partial charge on any atom is 0.317 e. The number of para-hydroxylation sites is 1. The van der Waals surface area contributed by atoms with Gasteiger partial charge in [-0.3, -0.25) is 0 Å². The van der Waals surface area contributed by atoms with E-state index in [9.17, 15) is 4.79 Å². The smallest absolute Gasteiger partial charge is 0.317 e. The van der Waals surface area contributed by atoms with Crippen molar-refractivity contribution in [2.75, 3.05) is 19.9 Å². The molecule has 2 amide bonds. The summed E-state index contributed by atoms with van der Waals surface area (Å²) in [7, 11) is 0. The number of carbonyl (C=O) groups excluding carboxylic acids is 1. The molecule has 112 valence electrons. The molecule has 1 aromatic rings. The van der Waals surface area contributed by atoms with Crippen LogP contribution >= 0.6 is 0 Å². The molecule has 3 aliphatic rings. The molecule has 4 rings (SSSR count). The Kier molecular flexibility index (Phi) is 3.13. The molecule has 0 aromatic heterocycles. The Labute approximate surface area is 124 Å². The third-order valence-electron chi connectivity index (χ3n) is 4.92. The van der Waals surface area contributed by atoms with Gasteiger partial charge in [-0.25, -0.2) is 4.79 Å². The zero-order valence-electron chi connectivity index (χ0n) is 12.0. The number of nitrogens with zero attached hydrogens (tertiary/aromatic N) is 1. The fourth-order valence-electron chi connectivity index (χ4n) is 3.81. The number of benzene rings is 1. The molecule has 2 atom stereocenters. The van der Waals surface area contributed by atoms with Crippen LogP contribution in [0.3, 0.4) is 0 Å².